The molecule has 0 aromatic heterocycles. The van der Waals surface area contributed by atoms with Gasteiger partial charge in [-0.1, -0.05) is 18.3 Å². The molecule has 7 heteroatoms. The van der Waals surface area contributed by atoms with E-state index in [1.165, 1.54) is 16.9 Å². The maximum absolute atomic E-state index is 12.0. The van der Waals surface area contributed by atoms with Gasteiger partial charge in [0.1, 0.15) is 0 Å². The number of amides is 1. The number of carbonyl (C=O) groups is 1. The van der Waals surface area contributed by atoms with E-state index in [4.69, 9.17) is 0 Å². The van der Waals surface area contributed by atoms with Crippen molar-refractivity contribution in [1.29, 1.82) is 0 Å². The van der Waals surface area contributed by atoms with Crippen LogP contribution in [-0.4, -0.2) is 21.2 Å². The van der Waals surface area contributed by atoms with Crippen LogP contribution in [0.5, 0.6) is 0 Å². The minimum absolute atomic E-state index is 0.0184. The minimum atomic E-state index is -0.623. The molecule has 0 saturated heterocycles. The molecule has 2 aliphatic rings. The molecule has 1 heterocycles. The number of hydrogen-bond acceptors (Lipinski definition) is 4. The van der Waals surface area contributed by atoms with Gasteiger partial charge in [0.25, 0.3) is 11.4 Å². The summed E-state index contributed by atoms with van der Waals surface area (Å²) < 4.78 is 0. The molecule has 0 radical (unpaired) electrons. The third kappa shape index (κ3) is 1.87. The van der Waals surface area contributed by atoms with E-state index in [-0.39, 0.29) is 11.6 Å². The summed E-state index contributed by atoms with van der Waals surface area (Å²) in [7, 11) is 0. The summed E-state index contributed by atoms with van der Waals surface area (Å²) in [5.74, 6) is -0.0802. The van der Waals surface area contributed by atoms with Gasteiger partial charge in [0, 0.05) is 34.2 Å². The fraction of sp³-hybridized carbons (Fsp3) is 0.417. The van der Waals surface area contributed by atoms with Gasteiger partial charge in [-0.05, 0) is 12.8 Å². The van der Waals surface area contributed by atoms with Crippen LogP contribution < -0.4 is 5.43 Å². The SMILES string of the molecule is O=C1N[N+](c2ccc([N+](=O)[O-])cc2)=NC12CCCC2. The zero-order chi connectivity index (χ0) is 13.5. The second-order valence-electron chi connectivity index (χ2n) is 4.86. The van der Waals surface area contributed by atoms with Gasteiger partial charge in [0.15, 0.2) is 0 Å². The van der Waals surface area contributed by atoms with Crippen LogP contribution in [-0.2, 0) is 4.79 Å². The summed E-state index contributed by atoms with van der Waals surface area (Å²) in [6.45, 7) is 0. The average molecular weight is 261 g/mol. The lowest BCUT2D eigenvalue weighted by atomic mass is 9.99. The number of azo groups is 1. The Morgan fingerprint density at radius 3 is 2.47 bits per heavy atom. The molecular formula is C12H13N4O3+. The number of nitrogens with one attached hydrogen (secondary N) is 1. The molecule has 1 saturated carbocycles. The number of rotatable bonds is 2. The van der Waals surface area contributed by atoms with E-state index in [9.17, 15) is 14.9 Å². The molecule has 0 bridgehead atoms. The Balaban J connectivity index is 1.91. The monoisotopic (exact) mass is 261 g/mol. The highest BCUT2D eigenvalue weighted by Gasteiger charge is 2.52. The fourth-order valence-electron chi connectivity index (χ4n) is 2.59. The lowest BCUT2D eigenvalue weighted by Gasteiger charge is -2.06. The topological polar surface area (TPSA) is 87.6 Å². The quantitative estimate of drug-likeness (QED) is 0.502. The van der Waals surface area contributed by atoms with E-state index in [1.54, 1.807) is 12.1 Å². The van der Waals surface area contributed by atoms with E-state index < -0.39 is 10.5 Å². The number of hydrazine groups is 1. The van der Waals surface area contributed by atoms with Gasteiger partial charge >= 0.3 is 5.91 Å². The Morgan fingerprint density at radius 2 is 1.89 bits per heavy atom. The molecule has 7 nitrogen and oxygen atoms in total. The van der Waals surface area contributed by atoms with Crippen LogP contribution in [0.3, 0.4) is 0 Å². The molecule has 1 fully saturated rings. The van der Waals surface area contributed by atoms with Gasteiger partial charge in [-0.15, -0.1) is 0 Å². The molecule has 1 N–H and O–H groups in total. The average Bonchev–Trinajstić information content (AvgIpc) is 2.99. The fourth-order valence-corrected chi connectivity index (χ4v) is 2.59. The summed E-state index contributed by atoms with van der Waals surface area (Å²) >= 11 is 0. The molecule has 1 aromatic rings. The van der Waals surface area contributed by atoms with Crippen molar-refractivity contribution in [3.8, 4) is 0 Å². The highest BCUT2D eigenvalue weighted by molar-refractivity contribution is 5.86. The van der Waals surface area contributed by atoms with Crippen LogP contribution in [0.4, 0.5) is 11.4 Å². The van der Waals surface area contributed by atoms with Crippen molar-refractivity contribution in [3.05, 3.63) is 34.4 Å². The molecule has 98 valence electrons. The van der Waals surface area contributed by atoms with Crippen molar-refractivity contribution >= 4 is 17.3 Å². The lowest BCUT2D eigenvalue weighted by molar-refractivity contribution is -0.552. The lowest BCUT2D eigenvalue weighted by Crippen LogP contribution is -2.37. The summed E-state index contributed by atoms with van der Waals surface area (Å²) in [5, 5.41) is 15.0. The smallest absolute Gasteiger partial charge is 0.266 e. The highest BCUT2D eigenvalue weighted by atomic mass is 16.6. The van der Waals surface area contributed by atoms with Gasteiger partial charge in [-0.2, -0.15) is 0 Å². The van der Waals surface area contributed by atoms with Crippen LogP contribution in [0.2, 0.25) is 0 Å². The Kier molecular flexibility index (Phi) is 2.55. The van der Waals surface area contributed by atoms with Gasteiger partial charge < -0.3 is 0 Å². The third-order valence-corrected chi connectivity index (χ3v) is 3.66. The second kappa shape index (κ2) is 4.11. The number of nitro groups is 1. The molecular weight excluding hydrogens is 248 g/mol. The van der Waals surface area contributed by atoms with Gasteiger partial charge in [-0.25, -0.2) is 0 Å². The molecule has 1 aromatic carbocycles. The zero-order valence-corrected chi connectivity index (χ0v) is 10.2. The number of non-ortho nitro benzene ring substituents is 1. The Morgan fingerprint density at radius 1 is 1.26 bits per heavy atom. The van der Waals surface area contributed by atoms with Gasteiger partial charge in [0.05, 0.1) is 4.92 Å². The molecule has 1 aliphatic carbocycles. The number of nitro benzene ring substituents is 1. The van der Waals surface area contributed by atoms with Crippen molar-refractivity contribution < 1.29 is 14.5 Å². The number of benzene rings is 1. The molecule has 19 heavy (non-hydrogen) atoms. The van der Waals surface area contributed by atoms with E-state index >= 15 is 0 Å². The first-order valence-corrected chi connectivity index (χ1v) is 6.19. The minimum Gasteiger partial charge on any atom is -0.266 e. The molecule has 0 unspecified atom stereocenters. The first-order valence-electron chi connectivity index (χ1n) is 6.19. The first kappa shape index (κ1) is 11.8. The largest absolute Gasteiger partial charge is 0.311 e. The Hall–Kier alpha value is -2.31. The zero-order valence-electron chi connectivity index (χ0n) is 10.2. The molecule has 3 rings (SSSR count). The summed E-state index contributed by atoms with van der Waals surface area (Å²) in [6, 6.07) is 5.96. The molecule has 1 amide bonds. The van der Waals surface area contributed by atoms with Crippen LogP contribution >= 0.6 is 0 Å². The standard InChI is InChI=1S/C12H12N4O3/c17-11-12(7-1-2-8-12)14-15(13-11)9-3-5-10(6-4-9)16(18)19/h3-6H,1-2,7-8H2/p+1. The predicted molar refractivity (Wildman–Crippen MR) is 64.8 cm³/mol. The third-order valence-electron chi connectivity index (χ3n) is 3.66. The van der Waals surface area contributed by atoms with Crippen molar-refractivity contribution in [2.24, 2.45) is 5.11 Å². The number of nitrogens with zero attached hydrogens (tertiary/aromatic N) is 3. The molecule has 1 aliphatic heterocycles. The van der Waals surface area contributed by atoms with Gasteiger partial charge in [-0.3, -0.25) is 14.9 Å². The van der Waals surface area contributed by atoms with E-state index in [2.05, 4.69) is 10.5 Å². The van der Waals surface area contributed by atoms with E-state index in [0.717, 1.165) is 25.7 Å². The second-order valence-corrected chi connectivity index (χ2v) is 4.86. The van der Waals surface area contributed by atoms with Crippen molar-refractivity contribution in [2.45, 2.75) is 31.2 Å². The van der Waals surface area contributed by atoms with Crippen LogP contribution in [0.1, 0.15) is 25.7 Å². The maximum atomic E-state index is 12.0. The summed E-state index contributed by atoms with van der Waals surface area (Å²) in [5.41, 5.74) is 2.73. The molecule has 0 atom stereocenters. The maximum Gasteiger partial charge on any atom is 0.311 e. The van der Waals surface area contributed by atoms with Crippen molar-refractivity contribution in [1.82, 2.24) is 5.43 Å². The van der Waals surface area contributed by atoms with E-state index in [0.29, 0.717) is 5.69 Å². The predicted octanol–water partition coefficient (Wildman–Crippen LogP) is 2.05. The van der Waals surface area contributed by atoms with Crippen molar-refractivity contribution in [2.75, 3.05) is 0 Å². The Bertz CT molecular complexity index is 573. The van der Waals surface area contributed by atoms with Crippen LogP contribution in [0.15, 0.2) is 29.4 Å². The first-order chi connectivity index (χ1) is 9.11. The number of carbonyl (C=O) groups excluding carboxylic acids is 1. The summed E-state index contributed by atoms with van der Waals surface area (Å²) in [6.07, 6.45) is 3.54. The Labute approximate surface area is 109 Å². The van der Waals surface area contributed by atoms with Crippen LogP contribution in [0, 0.1) is 10.1 Å². The normalized spacial score (nSPS) is 20.4. The summed E-state index contributed by atoms with van der Waals surface area (Å²) in [4.78, 5) is 23.6. The number of hydrogen-bond donors (Lipinski definition) is 1. The van der Waals surface area contributed by atoms with Crippen molar-refractivity contribution in [3.63, 3.8) is 0 Å². The van der Waals surface area contributed by atoms with Crippen LogP contribution in [0.25, 0.3) is 0 Å². The van der Waals surface area contributed by atoms with Gasteiger partial charge in [0.2, 0.25) is 5.54 Å². The highest BCUT2D eigenvalue weighted by Crippen LogP contribution is 2.37. The molecule has 1 spiro atoms. The van der Waals surface area contributed by atoms with E-state index in [1.807, 2.05) is 0 Å².